The van der Waals surface area contributed by atoms with Crippen molar-refractivity contribution in [1.29, 1.82) is 0 Å². The summed E-state index contributed by atoms with van der Waals surface area (Å²) in [4.78, 5) is 6.96. The molecule has 1 aromatic carbocycles. The summed E-state index contributed by atoms with van der Waals surface area (Å²) in [5.41, 5.74) is 1.23. The average Bonchev–Trinajstić information content (AvgIpc) is 3.29. The number of hydrogen-bond acceptors (Lipinski definition) is 2. The van der Waals surface area contributed by atoms with Gasteiger partial charge in [0.1, 0.15) is 0 Å². The largest absolute Gasteiger partial charge is 0.370 e. The molecule has 0 bridgehead atoms. The minimum absolute atomic E-state index is 0.368. The molecule has 1 fully saturated rings. The van der Waals surface area contributed by atoms with Crippen molar-refractivity contribution < 1.29 is 0 Å². The summed E-state index contributed by atoms with van der Waals surface area (Å²) in [5.74, 6) is 0.948. The first-order valence-corrected chi connectivity index (χ1v) is 7.53. The Labute approximate surface area is 122 Å². The second kappa shape index (κ2) is 7.17. The van der Waals surface area contributed by atoms with Crippen molar-refractivity contribution in [2.24, 2.45) is 4.99 Å². The molecule has 0 heterocycles. The van der Waals surface area contributed by atoms with Gasteiger partial charge in [-0.25, -0.2) is 0 Å². The minimum Gasteiger partial charge on any atom is -0.370 e. The van der Waals surface area contributed by atoms with Crippen molar-refractivity contribution >= 4 is 11.6 Å². The van der Waals surface area contributed by atoms with Gasteiger partial charge in [0.15, 0.2) is 5.96 Å². The topological polar surface area (TPSA) is 39.7 Å². The fourth-order valence-corrected chi connectivity index (χ4v) is 2.00. The summed E-state index contributed by atoms with van der Waals surface area (Å²) >= 11 is 0. The molecule has 0 radical (unpaired) electrons. The monoisotopic (exact) mass is 274 g/mol. The van der Waals surface area contributed by atoms with E-state index in [0.717, 1.165) is 19.0 Å². The second-order valence-corrected chi connectivity index (χ2v) is 5.43. The Kier molecular flexibility index (Phi) is 5.27. The van der Waals surface area contributed by atoms with Crippen LogP contribution in [0.4, 0.5) is 5.69 Å². The molecular weight excluding hydrogens is 248 g/mol. The van der Waals surface area contributed by atoms with E-state index in [1.165, 1.54) is 18.5 Å². The Morgan fingerprint density at radius 3 is 2.65 bits per heavy atom. The molecule has 0 aromatic heterocycles. The van der Waals surface area contributed by atoms with E-state index in [1.807, 2.05) is 6.07 Å². The molecule has 0 saturated heterocycles. The normalized spacial score (nSPS) is 16.6. The van der Waals surface area contributed by atoms with Gasteiger partial charge in [-0.1, -0.05) is 18.2 Å². The number of nitrogens with zero attached hydrogens (tertiary/aromatic N) is 2. The summed E-state index contributed by atoms with van der Waals surface area (Å²) in [7, 11) is 2.12. The highest BCUT2D eigenvalue weighted by molar-refractivity contribution is 5.80. The summed E-state index contributed by atoms with van der Waals surface area (Å²) < 4.78 is 0. The van der Waals surface area contributed by atoms with Crippen LogP contribution >= 0.6 is 0 Å². The standard InChI is InChI=1S/C16H26N4/c1-4-17-16(19-14-10-11-14)18-12-13(2)20(3)15-8-6-5-7-9-15/h5-9,13-14H,4,10-12H2,1-3H3,(H2,17,18,19). The maximum Gasteiger partial charge on any atom is 0.191 e. The molecule has 1 aliphatic rings. The molecule has 1 aromatic rings. The van der Waals surface area contributed by atoms with Gasteiger partial charge in [-0.15, -0.1) is 0 Å². The molecule has 0 aliphatic heterocycles. The second-order valence-electron chi connectivity index (χ2n) is 5.43. The van der Waals surface area contributed by atoms with Crippen molar-refractivity contribution in [2.45, 2.75) is 38.8 Å². The number of nitrogens with one attached hydrogen (secondary N) is 2. The summed E-state index contributed by atoms with van der Waals surface area (Å²) in [6.45, 7) is 6.00. The van der Waals surface area contributed by atoms with Crippen LogP contribution in [0.2, 0.25) is 0 Å². The number of anilines is 1. The van der Waals surface area contributed by atoms with Crippen LogP contribution in [-0.2, 0) is 0 Å². The molecule has 20 heavy (non-hydrogen) atoms. The Bertz CT molecular complexity index is 425. The van der Waals surface area contributed by atoms with E-state index >= 15 is 0 Å². The fraction of sp³-hybridized carbons (Fsp3) is 0.562. The van der Waals surface area contributed by atoms with Crippen LogP contribution in [0, 0.1) is 0 Å². The highest BCUT2D eigenvalue weighted by Crippen LogP contribution is 2.18. The van der Waals surface area contributed by atoms with E-state index in [1.54, 1.807) is 0 Å². The highest BCUT2D eigenvalue weighted by Gasteiger charge is 2.22. The Balaban J connectivity index is 1.89. The molecule has 2 N–H and O–H groups in total. The van der Waals surface area contributed by atoms with Crippen LogP contribution in [0.15, 0.2) is 35.3 Å². The number of para-hydroxylation sites is 1. The van der Waals surface area contributed by atoms with Gasteiger partial charge in [0.2, 0.25) is 0 Å². The molecule has 110 valence electrons. The van der Waals surface area contributed by atoms with Crippen LogP contribution in [-0.4, -0.2) is 38.2 Å². The third-order valence-electron chi connectivity index (χ3n) is 3.60. The first-order chi connectivity index (χ1) is 9.70. The molecule has 1 saturated carbocycles. The minimum atomic E-state index is 0.368. The Hall–Kier alpha value is -1.71. The number of rotatable bonds is 6. The van der Waals surface area contributed by atoms with Crippen LogP contribution < -0.4 is 15.5 Å². The van der Waals surface area contributed by atoms with Crippen molar-refractivity contribution in [2.75, 3.05) is 25.0 Å². The predicted octanol–water partition coefficient (Wildman–Crippen LogP) is 2.23. The average molecular weight is 274 g/mol. The Morgan fingerprint density at radius 2 is 2.05 bits per heavy atom. The van der Waals surface area contributed by atoms with Gasteiger partial charge < -0.3 is 15.5 Å². The summed E-state index contributed by atoms with van der Waals surface area (Å²) in [5, 5.41) is 6.75. The maximum atomic E-state index is 4.69. The van der Waals surface area contributed by atoms with Crippen LogP contribution in [0.1, 0.15) is 26.7 Å². The third-order valence-corrected chi connectivity index (χ3v) is 3.60. The first kappa shape index (κ1) is 14.7. The number of guanidine groups is 1. The predicted molar refractivity (Wildman–Crippen MR) is 86.4 cm³/mol. The lowest BCUT2D eigenvalue weighted by Gasteiger charge is -2.26. The number of aliphatic imine (C=N–C) groups is 1. The molecular formula is C16H26N4. The van der Waals surface area contributed by atoms with Gasteiger partial charge >= 0.3 is 0 Å². The first-order valence-electron chi connectivity index (χ1n) is 7.53. The number of benzene rings is 1. The SMILES string of the molecule is CCNC(=NCC(C)N(C)c1ccccc1)NC1CC1. The van der Waals surface area contributed by atoms with Crippen LogP contribution in [0.3, 0.4) is 0 Å². The quantitative estimate of drug-likeness (QED) is 0.617. The zero-order chi connectivity index (χ0) is 14.4. The lowest BCUT2D eigenvalue weighted by Crippen LogP contribution is -2.40. The third kappa shape index (κ3) is 4.44. The van der Waals surface area contributed by atoms with Crippen molar-refractivity contribution in [1.82, 2.24) is 10.6 Å². The van der Waals surface area contributed by atoms with E-state index in [0.29, 0.717) is 12.1 Å². The van der Waals surface area contributed by atoms with E-state index in [-0.39, 0.29) is 0 Å². The molecule has 0 spiro atoms. The fourth-order valence-electron chi connectivity index (χ4n) is 2.00. The molecule has 2 rings (SSSR count). The van der Waals surface area contributed by atoms with Crippen molar-refractivity contribution in [3.05, 3.63) is 30.3 Å². The zero-order valence-electron chi connectivity index (χ0n) is 12.8. The zero-order valence-corrected chi connectivity index (χ0v) is 12.8. The van der Waals surface area contributed by atoms with E-state index in [2.05, 4.69) is 60.7 Å². The van der Waals surface area contributed by atoms with Crippen LogP contribution in [0.25, 0.3) is 0 Å². The van der Waals surface area contributed by atoms with E-state index in [9.17, 15) is 0 Å². The summed E-state index contributed by atoms with van der Waals surface area (Å²) in [6.07, 6.45) is 2.54. The molecule has 4 nitrogen and oxygen atoms in total. The van der Waals surface area contributed by atoms with Gasteiger partial charge in [0.25, 0.3) is 0 Å². The smallest absolute Gasteiger partial charge is 0.191 e. The number of hydrogen-bond donors (Lipinski definition) is 2. The molecule has 0 amide bonds. The lowest BCUT2D eigenvalue weighted by atomic mass is 10.2. The van der Waals surface area contributed by atoms with Gasteiger partial charge in [0, 0.05) is 31.4 Å². The maximum absolute atomic E-state index is 4.69. The van der Waals surface area contributed by atoms with Gasteiger partial charge in [-0.3, -0.25) is 4.99 Å². The van der Waals surface area contributed by atoms with E-state index in [4.69, 9.17) is 4.99 Å². The highest BCUT2D eigenvalue weighted by atomic mass is 15.2. The van der Waals surface area contributed by atoms with Crippen LogP contribution in [0.5, 0.6) is 0 Å². The van der Waals surface area contributed by atoms with Crippen molar-refractivity contribution in [3.8, 4) is 0 Å². The molecule has 1 unspecified atom stereocenters. The van der Waals surface area contributed by atoms with E-state index < -0.39 is 0 Å². The number of likely N-dealkylation sites (N-methyl/N-ethyl adjacent to an activating group) is 1. The van der Waals surface area contributed by atoms with Gasteiger partial charge in [0.05, 0.1) is 6.54 Å². The van der Waals surface area contributed by atoms with Gasteiger partial charge in [-0.05, 0) is 38.8 Å². The summed E-state index contributed by atoms with van der Waals surface area (Å²) in [6, 6.07) is 11.5. The molecule has 4 heteroatoms. The molecule has 1 aliphatic carbocycles. The van der Waals surface area contributed by atoms with Gasteiger partial charge in [-0.2, -0.15) is 0 Å². The molecule has 1 atom stereocenters. The lowest BCUT2D eigenvalue weighted by molar-refractivity contribution is 0.686. The van der Waals surface area contributed by atoms with Crippen molar-refractivity contribution in [3.63, 3.8) is 0 Å². The Morgan fingerprint density at radius 1 is 1.35 bits per heavy atom.